The van der Waals surface area contributed by atoms with Crippen LogP contribution in [0.25, 0.3) is 10.8 Å². The molecule has 3 N–H and O–H groups in total. The molecule has 1 heterocycles. The molecule has 5 heteroatoms. The molecule has 0 fully saturated rings. The Labute approximate surface area is 112 Å². The van der Waals surface area contributed by atoms with Gasteiger partial charge in [0.05, 0.1) is 0 Å². The molecule has 0 bridgehead atoms. The third-order valence-electron chi connectivity index (χ3n) is 3.15. The zero-order chi connectivity index (χ0) is 13.8. The van der Waals surface area contributed by atoms with E-state index >= 15 is 0 Å². The van der Waals surface area contributed by atoms with Crippen molar-refractivity contribution in [2.45, 2.75) is 13.8 Å². The van der Waals surface area contributed by atoms with E-state index < -0.39 is 0 Å². The van der Waals surface area contributed by atoms with Gasteiger partial charge in [0.2, 0.25) is 0 Å². The molecular formula is C14H18N4O. The van der Waals surface area contributed by atoms with Crippen LogP contribution >= 0.6 is 0 Å². The average Bonchev–Trinajstić information content (AvgIpc) is 2.47. The fourth-order valence-corrected chi connectivity index (χ4v) is 2.09. The third-order valence-corrected chi connectivity index (χ3v) is 3.15. The van der Waals surface area contributed by atoms with Gasteiger partial charge in [0.25, 0.3) is 5.91 Å². The standard InChI is InChI=1S/C14H18N4O/c1-3-18(4-2)14(19)12-9-10-7-5-6-8-11(10)13(16-12)17-15/h5-9H,3-4,15H2,1-2H3,(H,16,17). The largest absolute Gasteiger partial charge is 0.338 e. The van der Waals surface area contributed by atoms with E-state index in [4.69, 9.17) is 5.84 Å². The topological polar surface area (TPSA) is 71.2 Å². The van der Waals surface area contributed by atoms with E-state index in [2.05, 4.69) is 10.4 Å². The van der Waals surface area contributed by atoms with E-state index in [-0.39, 0.29) is 5.91 Å². The van der Waals surface area contributed by atoms with Gasteiger partial charge in [0, 0.05) is 18.5 Å². The fraction of sp³-hybridized carbons (Fsp3) is 0.286. The molecule has 0 aliphatic carbocycles. The quantitative estimate of drug-likeness (QED) is 0.650. The molecule has 0 radical (unpaired) electrons. The number of fused-ring (bicyclic) bond motifs is 1. The van der Waals surface area contributed by atoms with Crippen molar-refractivity contribution in [3.8, 4) is 0 Å². The van der Waals surface area contributed by atoms with Gasteiger partial charge in [-0.15, -0.1) is 0 Å². The van der Waals surface area contributed by atoms with Crippen LogP contribution in [0.15, 0.2) is 30.3 Å². The number of benzene rings is 1. The molecule has 2 aromatic rings. The summed E-state index contributed by atoms with van der Waals surface area (Å²) in [5.74, 6) is 5.93. The minimum absolute atomic E-state index is 0.0766. The molecular weight excluding hydrogens is 240 g/mol. The number of aromatic nitrogens is 1. The van der Waals surface area contributed by atoms with Crippen LogP contribution in [0.5, 0.6) is 0 Å². The molecule has 0 atom stereocenters. The molecule has 1 amide bonds. The number of hydrogen-bond acceptors (Lipinski definition) is 4. The molecule has 1 aromatic carbocycles. The van der Waals surface area contributed by atoms with Crippen LogP contribution in [0.1, 0.15) is 24.3 Å². The minimum Gasteiger partial charge on any atom is -0.338 e. The molecule has 0 saturated heterocycles. The van der Waals surface area contributed by atoms with Crippen molar-refractivity contribution < 1.29 is 4.79 Å². The Balaban J connectivity index is 2.53. The van der Waals surface area contributed by atoms with Crippen molar-refractivity contribution >= 4 is 22.5 Å². The van der Waals surface area contributed by atoms with Crippen LogP contribution in [0, 0.1) is 0 Å². The lowest BCUT2D eigenvalue weighted by molar-refractivity contribution is 0.0767. The molecule has 0 unspecified atom stereocenters. The van der Waals surface area contributed by atoms with Crippen LogP contribution in [0.4, 0.5) is 5.82 Å². The third kappa shape index (κ3) is 2.51. The molecule has 0 saturated carbocycles. The average molecular weight is 258 g/mol. The summed E-state index contributed by atoms with van der Waals surface area (Å²) < 4.78 is 0. The molecule has 2 rings (SSSR count). The second-order valence-electron chi connectivity index (χ2n) is 4.20. The van der Waals surface area contributed by atoms with Crippen LogP contribution in [0.2, 0.25) is 0 Å². The Morgan fingerprint density at radius 3 is 2.63 bits per heavy atom. The van der Waals surface area contributed by atoms with Gasteiger partial charge in [-0.1, -0.05) is 24.3 Å². The van der Waals surface area contributed by atoms with E-state index in [9.17, 15) is 4.79 Å². The lowest BCUT2D eigenvalue weighted by atomic mass is 10.1. The van der Waals surface area contributed by atoms with E-state index in [1.165, 1.54) is 0 Å². The first kappa shape index (κ1) is 13.3. The van der Waals surface area contributed by atoms with E-state index in [0.29, 0.717) is 24.6 Å². The van der Waals surface area contributed by atoms with Crippen molar-refractivity contribution in [3.63, 3.8) is 0 Å². The molecule has 5 nitrogen and oxygen atoms in total. The van der Waals surface area contributed by atoms with Crippen molar-refractivity contribution in [2.24, 2.45) is 5.84 Å². The number of nitrogens with zero attached hydrogens (tertiary/aromatic N) is 2. The number of carbonyl (C=O) groups is 1. The number of hydrogen-bond donors (Lipinski definition) is 2. The number of nitrogens with one attached hydrogen (secondary N) is 1. The highest BCUT2D eigenvalue weighted by Crippen LogP contribution is 2.22. The Morgan fingerprint density at radius 1 is 1.32 bits per heavy atom. The van der Waals surface area contributed by atoms with E-state index in [1.807, 2.05) is 38.1 Å². The number of anilines is 1. The van der Waals surface area contributed by atoms with Crippen molar-refractivity contribution in [1.82, 2.24) is 9.88 Å². The maximum absolute atomic E-state index is 12.3. The summed E-state index contributed by atoms with van der Waals surface area (Å²) in [6, 6.07) is 9.50. The van der Waals surface area contributed by atoms with E-state index in [1.54, 1.807) is 11.0 Å². The fourth-order valence-electron chi connectivity index (χ4n) is 2.09. The zero-order valence-corrected chi connectivity index (χ0v) is 11.2. The van der Waals surface area contributed by atoms with Crippen molar-refractivity contribution in [1.29, 1.82) is 0 Å². The summed E-state index contributed by atoms with van der Waals surface area (Å²) in [6.45, 7) is 5.22. The highest BCUT2D eigenvalue weighted by molar-refractivity contribution is 6.00. The molecule has 100 valence electrons. The lowest BCUT2D eigenvalue weighted by Crippen LogP contribution is -2.31. The Hall–Kier alpha value is -2.14. The predicted molar refractivity (Wildman–Crippen MR) is 76.8 cm³/mol. The number of amides is 1. The summed E-state index contributed by atoms with van der Waals surface area (Å²) in [5, 5.41) is 1.85. The first-order valence-electron chi connectivity index (χ1n) is 6.36. The molecule has 0 spiro atoms. The summed E-state index contributed by atoms with van der Waals surface area (Å²) in [5.41, 5.74) is 2.97. The Kier molecular flexibility index (Phi) is 3.97. The van der Waals surface area contributed by atoms with Crippen LogP contribution in [0.3, 0.4) is 0 Å². The van der Waals surface area contributed by atoms with Gasteiger partial charge in [0.1, 0.15) is 11.5 Å². The first-order valence-corrected chi connectivity index (χ1v) is 6.36. The number of nitrogen functional groups attached to an aromatic ring is 1. The van der Waals surface area contributed by atoms with Gasteiger partial charge in [-0.2, -0.15) is 0 Å². The normalized spacial score (nSPS) is 10.5. The second-order valence-corrected chi connectivity index (χ2v) is 4.20. The number of carbonyl (C=O) groups excluding carboxylic acids is 1. The zero-order valence-electron chi connectivity index (χ0n) is 11.2. The highest BCUT2D eigenvalue weighted by atomic mass is 16.2. The van der Waals surface area contributed by atoms with Gasteiger partial charge < -0.3 is 10.3 Å². The number of hydrazine groups is 1. The summed E-state index contributed by atoms with van der Waals surface area (Å²) in [6.07, 6.45) is 0. The Bertz CT molecular complexity index is 593. The van der Waals surface area contributed by atoms with Gasteiger partial charge in [-0.3, -0.25) is 4.79 Å². The molecule has 1 aromatic heterocycles. The summed E-state index contributed by atoms with van der Waals surface area (Å²) in [7, 11) is 0. The van der Waals surface area contributed by atoms with Crippen LogP contribution in [-0.4, -0.2) is 28.9 Å². The van der Waals surface area contributed by atoms with Crippen molar-refractivity contribution in [3.05, 3.63) is 36.0 Å². The monoisotopic (exact) mass is 258 g/mol. The number of nitrogens with two attached hydrogens (primary N) is 1. The van der Waals surface area contributed by atoms with Gasteiger partial charge in [-0.25, -0.2) is 10.8 Å². The maximum Gasteiger partial charge on any atom is 0.272 e. The smallest absolute Gasteiger partial charge is 0.272 e. The summed E-state index contributed by atoms with van der Waals surface area (Å²) in [4.78, 5) is 18.4. The van der Waals surface area contributed by atoms with Crippen LogP contribution < -0.4 is 11.3 Å². The highest BCUT2D eigenvalue weighted by Gasteiger charge is 2.16. The first-order chi connectivity index (χ1) is 9.21. The van der Waals surface area contributed by atoms with Gasteiger partial charge in [-0.05, 0) is 25.3 Å². The lowest BCUT2D eigenvalue weighted by Gasteiger charge is -2.18. The minimum atomic E-state index is -0.0766. The summed E-state index contributed by atoms with van der Waals surface area (Å²) >= 11 is 0. The maximum atomic E-state index is 12.3. The molecule has 0 aliphatic heterocycles. The molecule has 0 aliphatic rings. The number of rotatable bonds is 4. The van der Waals surface area contributed by atoms with Crippen molar-refractivity contribution in [2.75, 3.05) is 18.5 Å². The molecule has 19 heavy (non-hydrogen) atoms. The second kappa shape index (κ2) is 5.67. The SMILES string of the molecule is CCN(CC)C(=O)c1cc2ccccc2c(NN)n1. The van der Waals surface area contributed by atoms with Gasteiger partial charge >= 0.3 is 0 Å². The Morgan fingerprint density at radius 2 is 2.00 bits per heavy atom. The van der Waals surface area contributed by atoms with Crippen LogP contribution in [-0.2, 0) is 0 Å². The number of pyridine rings is 1. The van der Waals surface area contributed by atoms with E-state index in [0.717, 1.165) is 10.8 Å². The van der Waals surface area contributed by atoms with Gasteiger partial charge in [0.15, 0.2) is 0 Å². The predicted octanol–water partition coefficient (Wildman–Crippen LogP) is 2.00.